The maximum Gasteiger partial charge on any atom is 0.295 e. The number of carbonyl (C=O) groups is 1. The number of aryl methyl sites for hydroxylation is 2. The number of rotatable bonds is 9. The van der Waals surface area contributed by atoms with Crippen LogP contribution < -0.4 is 9.64 Å². The molecule has 4 aromatic rings. The number of furan rings is 1. The van der Waals surface area contributed by atoms with Crippen LogP contribution in [0.15, 0.2) is 40.8 Å². The van der Waals surface area contributed by atoms with E-state index in [4.69, 9.17) is 14.1 Å². The van der Waals surface area contributed by atoms with Gasteiger partial charge in [0.25, 0.3) is 5.91 Å². The van der Waals surface area contributed by atoms with Crippen molar-refractivity contribution in [2.24, 2.45) is 0 Å². The molecule has 0 aliphatic heterocycles. The third-order valence-electron chi connectivity index (χ3n) is 5.96. The number of hydrogen-bond donors (Lipinski definition) is 0. The van der Waals surface area contributed by atoms with Crippen molar-refractivity contribution < 1.29 is 13.9 Å². The van der Waals surface area contributed by atoms with Crippen LogP contribution in [0.25, 0.3) is 21.2 Å². The predicted molar refractivity (Wildman–Crippen MR) is 136 cm³/mol. The van der Waals surface area contributed by atoms with E-state index < -0.39 is 0 Å². The predicted octanol–water partition coefficient (Wildman–Crippen LogP) is 6.05. The highest BCUT2D eigenvalue weighted by molar-refractivity contribution is 7.22. The largest absolute Gasteiger partial charge is 0.490 e. The zero-order chi connectivity index (χ0) is 23.5. The number of amides is 1. The van der Waals surface area contributed by atoms with Crippen LogP contribution in [-0.4, -0.2) is 48.6 Å². The molecule has 0 radical (unpaired) electrons. The van der Waals surface area contributed by atoms with Gasteiger partial charge in [-0.05, 0) is 57.1 Å². The van der Waals surface area contributed by atoms with Crippen LogP contribution in [0.4, 0.5) is 5.13 Å². The first-order chi connectivity index (χ1) is 16.0. The van der Waals surface area contributed by atoms with Gasteiger partial charge in [-0.15, -0.1) is 0 Å². The lowest BCUT2D eigenvalue weighted by molar-refractivity contribution is 0.0959. The Morgan fingerprint density at radius 3 is 2.52 bits per heavy atom. The summed E-state index contributed by atoms with van der Waals surface area (Å²) in [5, 5.41) is 1.55. The van der Waals surface area contributed by atoms with Crippen LogP contribution in [0.5, 0.6) is 5.75 Å². The quantitative estimate of drug-likeness (QED) is 0.301. The highest BCUT2D eigenvalue weighted by Crippen LogP contribution is 2.35. The van der Waals surface area contributed by atoms with Crippen LogP contribution in [0.2, 0.25) is 0 Å². The van der Waals surface area contributed by atoms with Gasteiger partial charge in [-0.25, -0.2) is 4.98 Å². The molecule has 0 spiro atoms. The van der Waals surface area contributed by atoms with Gasteiger partial charge in [0.05, 0.1) is 16.8 Å². The molecule has 0 aliphatic carbocycles. The first-order valence-electron chi connectivity index (χ1n) is 11.5. The Morgan fingerprint density at radius 1 is 1.06 bits per heavy atom. The summed E-state index contributed by atoms with van der Waals surface area (Å²) < 4.78 is 12.9. The molecule has 4 rings (SSSR count). The van der Waals surface area contributed by atoms with Crippen molar-refractivity contribution in [3.63, 3.8) is 0 Å². The molecule has 33 heavy (non-hydrogen) atoms. The Balaban J connectivity index is 1.75. The number of aromatic nitrogens is 1. The third-order valence-corrected chi connectivity index (χ3v) is 7.17. The minimum absolute atomic E-state index is 0.185. The van der Waals surface area contributed by atoms with Crippen molar-refractivity contribution in [3.8, 4) is 5.75 Å². The van der Waals surface area contributed by atoms with Gasteiger partial charge in [0.1, 0.15) is 0 Å². The number of nitrogens with zero attached hydrogens (tertiary/aromatic N) is 3. The summed E-state index contributed by atoms with van der Waals surface area (Å²) in [5.74, 6) is 0.759. The molecule has 0 atom stereocenters. The number of benzene rings is 2. The number of thiazole rings is 1. The fourth-order valence-electron chi connectivity index (χ4n) is 3.97. The molecule has 0 saturated carbocycles. The van der Waals surface area contributed by atoms with Crippen LogP contribution in [0.3, 0.4) is 0 Å². The van der Waals surface area contributed by atoms with E-state index in [-0.39, 0.29) is 5.91 Å². The van der Waals surface area contributed by atoms with Gasteiger partial charge in [0.15, 0.2) is 22.2 Å². The van der Waals surface area contributed by atoms with E-state index in [1.807, 2.05) is 25.1 Å². The number of fused-ring (bicyclic) bond motifs is 2. The molecule has 0 fully saturated rings. The van der Waals surface area contributed by atoms with Gasteiger partial charge in [-0.2, -0.15) is 0 Å². The molecule has 2 heterocycles. The van der Waals surface area contributed by atoms with E-state index in [1.165, 1.54) is 5.56 Å². The van der Waals surface area contributed by atoms with Crippen molar-refractivity contribution in [1.29, 1.82) is 0 Å². The molecule has 0 aliphatic rings. The third kappa shape index (κ3) is 4.61. The number of ether oxygens (including phenoxy) is 1. The van der Waals surface area contributed by atoms with Crippen molar-refractivity contribution in [1.82, 2.24) is 9.88 Å². The van der Waals surface area contributed by atoms with E-state index in [9.17, 15) is 4.79 Å². The van der Waals surface area contributed by atoms with E-state index in [1.54, 1.807) is 22.3 Å². The van der Waals surface area contributed by atoms with Gasteiger partial charge >= 0.3 is 0 Å². The summed E-state index contributed by atoms with van der Waals surface area (Å²) in [5.41, 5.74) is 3.83. The Morgan fingerprint density at radius 2 is 1.82 bits per heavy atom. The average Bonchev–Trinajstić information content (AvgIpc) is 3.45. The lowest BCUT2D eigenvalue weighted by Crippen LogP contribution is -2.38. The lowest BCUT2D eigenvalue weighted by Gasteiger charge is -2.24. The number of carbonyl (C=O) groups excluding carboxylic acids is 1. The van der Waals surface area contributed by atoms with E-state index in [0.717, 1.165) is 40.8 Å². The molecule has 7 heteroatoms. The minimum atomic E-state index is -0.185. The first kappa shape index (κ1) is 23.3. The maximum atomic E-state index is 13.8. The Kier molecular flexibility index (Phi) is 7.00. The van der Waals surface area contributed by atoms with Crippen molar-refractivity contribution in [2.75, 3.05) is 37.7 Å². The second kappa shape index (κ2) is 9.93. The van der Waals surface area contributed by atoms with Gasteiger partial charge in [-0.3, -0.25) is 9.69 Å². The summed E-state index contributed by atoms with van der Waals surface area (Å²) >= 11 is 1.56. The molecule has 6 nitrogen and oxygen atoms in total. The fourth-order valence-corrected chi connectivity index (χ4v) is 5.11. The molecule has 0 N–H and O–H groups in total. The van der Waals surface area contributed by atoms with E-state index in [0.29, 0.717) is 35.4 Å². The fraction of sp³-hybridized carbons (Fsp3) is 0.385. The molecular formula is C26H31N3O3S. The molecule has 0 saturated heterocycles. The van der Waals surface area contributed by atoms with E-state index >= 15 is 0 Å². The molecule has 174 valence electrons. The Labute approximate surface area is 198 Å². The number of hydrogen-bond acceptors (Lipinski definition) is 6. The van der Waals surface area contributed by atoms with Gasteiger partial charge in [0.2, 0.25) is 0 Å². The number of likely N-dealkylation sites (N-methyl/N-ethyl adjacent to an activating group) is 1. The second-order valence-corrected chi connectivity index (χ2v) is 9.05. The van der Waals surface area contributed by atoms with Crippen LogP contribution >= 0.6 is 11.3 Å². The van der Waals surface area contributed by atoms with Crippen molar-refractivity contribution >= 4 is 43.6 Å². The molecule has 0 unspecified atom stereocenters. The minimum Gasteiger partial charge on any atom is -0.490 e. The summed E-state index contributed by atoms with van der Waals surface area (Å²) in [4.78, 5) is 22.7. The number of para-hydroxylation sites is 1. The van der Waals surface area contributed by atoms with Crippen molar-refractivity contribution in [2.45, 2.75) is 34.6 Å². The maximum absolute atomic E-state index is 13.8. The van der Waals surface area contributed by atoms with Gasteiger partial charge in [0, 0.05) is 18.5 Å². The first-order valence-corrected chi connectivity index (χ1v) is 12.3. The summed E-state index contributed by atoms with van der Waals surface area (Å²) in [6, 6.07) is 11.7. The van der Waals surface area contributed by atoms with Crippen LogP contribution in [-0.2, 0) is 0 Å². The summed E-state index contributed by atoms with van der Waals surface area (Å²) in [6.45, 7) is 14.0. The Bertz CT molecular complexity index is 1230. The number of anilines is 1. The summed E-state index contributed by atoms with van der Waals surface area (Å²) in [7, 11) is 0. The van der Waals surface area contributed by atoms with Gasteiger partial charge in [-0.1, -0.05) is 49.4 Å². The van der Waals surface area contributed by atoms with Gasteiger partial charge < -0.3 is 14.1 Å². The zero-order valence-electron chi connectivity index (χ0n) is 20.0. The van der Waals surface area contributed by atoms with E-state index in [2.05, 4.69) is 44.7 Å². The SMILES string of the molecule is CCOc1cccc2cc(C(=O)N(CCN(CC)CC)c3nc4c(C)ccc(C)c4s3)oc12. The average molecular weight is 466 g/mol. The summed E-state index contributed by atoms with van der Waals surface area (Å²) in [6.07, 6.45) is 0. The standard InChI is InChI=1S/C26H31N3O3S/c1-6-28(7-2)14-15-29(26-27-22-17(4)12-13-18(5)24(22)33-26)25(30)21-16-19-10-9-11-20(31-8-3)23(19)32-21/h9-13,16H,6-8,14-15H2,1-5H3. The topological polar surface area (TPSA) is 58.8 Å². The molecule has 2 aromatic heterocycles. The highest BCUT2D eigenvalue weighted by Gasteiger charge is 2.26. The second-order valence-electron chi connectivity index (χ2n) is 8.08. The highest BCUT2D eigenvalue weighted by atomic mass is 32.1. The molecular weight excluding hydrogens is 434 g/mol. The Hall–Kier alpha value is -2.90. The lowest BCUT2D eigenvalue weighted by atomic mass is 10.1. The normalized spacial score (nSPS) is 11.6. The monoisotopic (exact) mass is 465 g/mol. The molecule has 2 aromatic carbocycles. The van der Waals surface area contributed by atoms with Crippen LogP contribution in [0.1, 0.15) is 42.5 Å². The smallest absolute Gasteiger partial charge is 0.295 e. The molecule has 1 amide bonds. The molecule has 0 bridgehead atoms. The van der Waals surface area contributed by atoms with Crippen molar-refractivity contribution in [3.05, 3.63) is 53.3 Å². The zero-order valence-corrected chi connectivity index (χ0v) is 20.8. The van der Waals surface area contributed by atoms with Crippen LogP contribution in [0, 0.1) is 13.8 Å².